The Hall–Kier alpha value is -3.81. The van der Waals surface area contributed by atoms with E-state index in [9.17, 15) is 32.3 Å². The number of hydrogen-bond donors (Lipinski definition) is 3. The molecule has 14 heteroatoms. The van der Waals surface area contributed by atoms with Gasteiger partial charge in [-0.2, -0.15) is 13.2 Å². The molecule has 6 amide bonds. The van der Waals surface area contributed by atoms with Gasteiger partial charge in [-0.25, -0.2) is 9.59 Å². The van der Waals surface area contributed by atoms with Crippen molar-refractivity contribution in [1.29, 1.82) is 0 Å². The Bertz CT molecular complexity index is 1350. The van der Waals surface area contributed by atoms with Crippen LogP contribution in [0.2, 0.25) is 0 Å². The van der Waals surface area contributed by atoms with Gasteiger partial charge in [0, 0.05) is 12.7 Å². The minimum absolute atomic E-state index is 0.206. The molecule has 3 heterocycles. The summed E-state index contributed by atoms with van der Waals surface area (Å²) < 4.78 is 48.0. The summed E-state index contributed by atoms with van der Waals surface area (Å²) in [5.74, 6) is -1.47. The van der Waals surface area contributed by atoms with Crippen LogP contribution in [0.25, 0.3) is 0 Å². The number of imide groups is 1. The standard InChI is InChI=1S/C24H24F3N5O5S/c1-22(24(25,26)27)12-37-16-6-8-38-17(16)10-32(22)18(33)11-31-19(34)23(30-21(31)36)7-5-13-9-14(3-4-15(13)23)29-20(35)28-2/h3-4,6,8-9H,5,7,10-12H2,1-2H3,(H,30,36)(H2,28,29,35)/t22-,23?/m1/s1. The highest BCUT2D eigenvalue weighted by Crippen LogP contribution is 2.44. The lowest BCUT2D eigenvalue weighted by Crippen LogP contribution is -2.62. The van der Waals surface area contributed by atoms with Crippen molar-refractivity contribution in [2.45, 2.75) is 43.6 Å². The maximum atomic E-state index is 14.2. The monoisotopic (exact) mass is 551 g/mol. The van der Waals surface area contributed by atoms with Gasteiger partial charge in [-0.15, -0.1) is 11.3 Å². The average Bonchev–Trinajstić information content (AvgIpc) is 3.50. The molecule has 2 atom stereocenters. The quantitative estimate of drug-likeness (QED) is 0.507. The summed E-state index contributed by atoms with van der Waals surface area (Å²) in [5, 5.41) is 9.39. The van der Waals surface area contributed by atoms with Crippen LogP contribution in [0.1, 0.15) is 29.3 Å². The highest BCUT2D eigenvalue weighted by atomic mass is 32.1. The Kier molecular flexibility index (Phi) is 6.04. The van der Waals surface area contributed by atoms with E-state index in [2.05, 4.69) is 16.0 Å². The van der Waals surface area contributed by atoms with Gasteiger partial charge >= 0.3 is 18.2 Å². The third-order valence-electron chi connectivity index (χ3n) is 7.31. The molecule has 1 aromatic carbocycles. The normalized spacial score (nSPS) is 24.4. The lowest BCUT2D eigenvalue weighted by atomic mass is 9.91. The van der Waals surface area contributed by atoms with Crippen LogP contribution in [0.4, 0.5) is 28.4 Å². The summed E-state index contributed by atoms with van der Waals surface area (Å²) in [5.41, 5.74) is -2.38. The Morgan fingerprint density at radius 1 is 1.24 bits per heavy atom. The predicted octanol–water partition coefficient (Wildman–Crippen LogP) is 2.93. The molecule has 3 N–H and O–H groups in total. The molecule has 3 aliphatic rings. The van der Waals surface area contributed by atoms with E-state index in [0.29, 0.717) is 32.3 Å². The van der Waals surface area contributed by atoms with Crippen molar-refractivity contribution in [3.05, 3.63) is 45.6 Å². The van der Waals surface area contributed by atoms with E-state index in [-0.39, 0.29) is 18.7 Å². The number of thiophene rings is 1. The van der Waals surface area contributed by atoms with E-state index in [0.717, 1.165) is 23.8 Å². The van der Waals surface area contributed by atoms with Gasteiger partial charge in [0.05, 0.1) is 11.4 Å². The molecule has 1 fully saturated rings. The van der Waals surface area contributed by atoms with Crippen molar-refractivity contribution in [3.8, 4) is 5.75 Å². The molecular formula is C24H24F3N5O5S. The van der Waals surface area contributed by atoms with Crippen molar-refractivity contribution in [2.75, 3.05) is 25.5 Å². The van der Waals surface area contributed by atoms with Crippen molar-refractivity contribution in [2.24, 2.45) is 0 Å². The number of urea groups is 2. The Morgan fingerprint density at radius 3 is 2.71 bits per heavy atom. The molecule has 1 unspecified atom stereocenters. The number of halogens is 3. The number of benzene rings is 1. The van der Waals surface area contributed by atoms with E-state index in [4.69, 9.17) is 4.74 Å². The average molecular weight is 552 g/mol. The minimum Gasteiger partial charge on any atom is -0.490 e. The SMILES string of the molecule is CNC(=O)Nc1ccc2c(c1)CCC21NC(=O)N(CC(=O)N2Cc3sccc3OC[C@]2(C)C(F)(F)F)C1=O. The number of amides is 6. The van der Waals surface area contributed by atoms with Gasteiger partial charge in [0.2, 0.25) is 5.91 Å². The van der Waals surface area contributed by atoms with Crippen molar-refractivity contribution in [3.63, 3.8) is 0 Å². The fraction of sp³-hybridized carbons (Fsp3) is 0.417. The van der Waals surface area contributed by atoms with Gasteiger partial charge in [0.25, 0.3) is 5.91 Å². The first-order valence-corrected chi connectivity index (χ1v) is 12.6. The fourth-order valence-electron chi connectivity index (χ4n) is 5.07. The van der Waals surface area contributed by atoms with Crippen molar-refractivity contribution >= 4 is 40.9 Å². The van der Waals surface area contributed by atoms with E-state index in [1.807, 2.05) is 0 Å². The molecule has 5 rings (SSSR count). The maximum Gasteiger partial charge on any atom is 0.414 e. The molecular weight excluding hydrogens is 527 g/mol. The lowest BCUT2D eigenvalue weighted by Gasteiger charge is -2.40. The molecule has 0 bridgehead atoms. The molecule has 38 heavy (non-hydrogen) atoms. The van der Waals surface area contributed by atoms with Crippen LogP contribution in [0, 0.1) is 0 Å². The van der Waals surface area contributed by atoms with Crippen molar-refractivity contribution < 1.29 is 37.1 Å². The van der Waals surface area contributed by atoms with E-state index in [1.54, 1.807) is 29.6 Å². The smallest absolute Gasteiger partial charge is 0.414 e. The molecule has 1 spiro atoms. The molecule has 202 valence electrons. The second-order valence-electron chi connectivity index (χ2n) is 9.55. The van der Waals surface area contributed by atoms with Gasteiger partial charge in [0.1, 0.15) is 24.4 Å². The van der Waals surface area contributed by atoms with Gasteiger partial charge in [0.15, 0.2) is 5.54 Å². The van der Waals surface area contributed by atoms with Crippen LogP contribution < -0.4 is 20.7 Å². The lowest BCUT2D eigenvalue weighted by molar-refractivity contribution is -0.234. The zero-order valence-electron chi connectivity index (χ0n) is 20.4. The molecule has 10 nitrogen and oxygen atoms in total. The number of nitrogens with one attached hydrogen (secondary N) is 3. The Balaban J connectivity index is 1.40. The predicted molar refractivity (Wildman–Crippen MR) is 130 cm³/mol. The molecule has 2 aliphatic heterocycles. The molecule has 0 saturated carbocycles. The first-order chi connectivity index (χ1) is 17.9. The number of rotatable bonds is 3. The first-order valence-electron chi connectivity index (χ1n) is 11.7. The molecule has 0 radical (unpaired) electrons. The second kappa shape index (κ2) is 8.89. The first kappa shape index (κ1) is 25.8. The Labute approximate surface area is 219 Å². The summed E-state index contributed by atoms with van der Waals surface area (Å²) >= 11 is 1.15. The van der Waals surface area contributed by atoms with Crippen LogP contribution in [0.3, 0.4) is 0 Å². The number of aryl methyl sites for hydroxylation is 1. The highest BCUT2D eigenvalue weighted by Gasteiger charge is 2.60. The van der Waals surface area contributed by atoms with E-state index >= 15 is 0 Å². The number of carbonyl (C=O) groups excluding carboxylic acids is 4. The number of ether oxygens (including phenoxy) is 1. The second-order valence-corrected chi connectivity index (χ2v) is 10.6. The summed E-state index contributed by atoms with van der Waals surface area (Å²) in [7, 11) is 1.47. The topological polar surface area (TPSA) is 120 Å². The minimum atomic E-state index is -4.83. The molecule has 1 aliphatic carbocycles. The summed E-state index contributed by atoms with van der Waals surface area (Å²) in [6, 6.07) is 5.14. The van der Waals surface area contributed by atoms with Crippen LogP contribution in [0.15, 0.2) is 29.6 Å². The van der Waals surface area contributed by atoms with Crippen molar-refractivity contribution in [1.82, 2.24) is 20.4 Å². The molecule has 2 aromatic rings. The van der Waals surface area contributed by atoms with Gasteiger partial charge in [-0.3, -0.25) is 14.5 Å². The zero-order chi connectivity index (χ0) is 27.5. The van der Waals surface area contributed by atoms with Crippen LogP contribution in [-0.2, 0) is 28.1 Å². The molecule has 1 aromatic heterocycles. The summed E-state index contributed by atoms with van der Waals surface area (Å²) in [6.45, 7) is -1.19. The largest absolute Gasteiger partial charge is 0.490 e. The number of nitrogens with zero attached hydrogens (tertiary/aromatic N) is 2. The number of hydrogen-bond acceptors (Lipinski definition) is 6. The molecule has 1 saturated heterocycles. The highest BCUT2D eigenvalue weighted by molar-refractivity contribution is 7.10. The van der Waals surface area contributed by atoms with Crippen LogP contribution >= 0.6 is 11.3 Å². The number of alkyl halides is 3. The van der Waals surface area contributed by atoms with Gasteiger partial charge < -0.3 is 25.6 Å². The Morgan fingerprint density at radius 2 is 2.00 bits per heavy atom. The van der Waals surface area contributed by atoms with Crippen LogP contribution in [-0.4, -0.2) is 65.6 Å². The number of carbonyl (C=O) groups is 4. The van der Waals surface area contributed by atoms with E-state index in [1.165, 1.54) is 7.05 Å². The third-order valence-corrected chi connectivity index (χ3v) is 8.20. The van der Waals surface area contributed by atoms with Gasteiger partial charge in [-0.05, 0) is 54.5 Å². The number of anilines is 1. The third kappa shape index (κ3) is 3.94. The van der Waals surface area contributed by atoms with Crippen LogP contribution in [0.5, 0.6) is 5.75 Å². The fourth-order valence-corrected chi connectivity index (χ4v) is 5.88. The zero-order valence-corrected chi connectivity index (χ0v) is 21.2. The summed E-state index contributed by atoms with van der Waals surface area (Å²) in [6.07, 6.45) is -4.22. The maximum absolute atomic E-state index is 14.2. The van der Waals surface area contributed by atoms with Gasteiger partial charge in [-0.1, -0.05) is 6.07 Å². The van der Waals surface area contributed by atoms with E-state index < -0.39 is 54.3 Å². The number of fused-ring (bicyclic) bond motifs is 3. The summed E-state index contributed by atoms with van der Waals surface area (Å²) in [4.78, 5) is 53.2.